The van der Waals surface area contributed by atoms with Crippen LogP contribution in [-0.4, -0.2) is 44.8 Å². The van der Waals surface area contributed by atoms with Crippen LogP contribution in [0.1, 0.15) is 38.2 Å². The SMILES string of the molecule is C=CCNC(=S)NN=Cc1ccc(OCCOc2ccc(OCCCCCC)cc2)c(OC)c1. The van der Waals surface area contributed by atoms with Crippen LogP contribution in [0.5, 0.6) is 23.0 Å². The number of thiocarbonyl (C=S) groups is 1. The van der Waals surface area contributed by atoms with Crippen LogP contribution in [0.2, 0.25) is 0 Å². The molecule has 0 saturated carbocycles. The first-order chi connectivity index (χ1) is 16.7. The van der Waals surface area contributed by atoms with Crippen molar-refractivity contribution in [2.75, 3.05) is 33.5 Å². The van der Waals surface area contributed by atoms with Crippen molar-refractivity contribution >= 4 is 23.5 Å². The van der Waals surface area contributed by atoms with Crippen molar-refractivity contribution in [2.45, 2.75) is 32.6 Å². The molecule has 7 nitrogen and oxygen atoms in total. The predicted octanol–water partition coefficient (Wildman–Crippen LogP) is 5.10. The van der Waals surface area contributed by atoms with Crippen LogP contribution in [0, 0.1) is 0 Å². The maximum Gasteiger partial charge on any atom is 0.187 e. The van der Waals surface area contributed by atoms with Gasteiger partial charge in [0.2, 0.25) is 0 Å². The number of benzene rings is 2. The third-order valence-corrected chi connectivity index (χ3v) is 4.91. The minimum atomic E-state index is 0.379. The number of methoxy groups -OCH3 is 1. The summed E-state index contributed by atoms with van der Waals surface area (Å²) >= 11 is 5.09. The second-order valence-electron chi connectivity index (χ2n) is 7.36. The monoisotopic (exact) mass is 485 g/mol. The fourth-order valence-electron chi connectivity index (χ4n) is 2.92. The van der Waals surface area contributed by atoms with Crippen molar-refractivity contribution in [1.82, 2.24) is 10.7 Å². The van der Waals surface area contributed by atoms with Gasteiger partial charge in [0.25, 0.3) is 0 Å². The van der Waals surface area contributed by atoms with Crippen molar-refractivity contribution < 1.29 is 18.9 Å². The molecule has 0 unspecified atom stereocenters. The van der Waals surface area contributed by atoms with Gasteiger partial charge in [0.15, 0.2) is 16.6 Å². The van der Waals surface area contributed by atoms with Crippen LogP contribution in [0.15, 0.2) is 60.2 Å². The smallest absolute Gasteiger partial charge is 0.187 e. The first-order valence-corrected chi connectivity index (χ1v) is 11.9. The molecule has 2 rings (SSSR count). The second kappa shape index (κ2) is 16.4. The number of unbranched alkanes of at least 4 members (excludes halogenated alkanes) is 3. The van der Waals surface area contributed by atoms with Crippen molar-refractivity contribution in [1.29, 1.82) is 0 Å². The van der Waals surface area contributed by atoms with Crippen molar-refractivity contribution in [3.05, 3.63) is 60.7 Å². The number of nitrogens with zero attached hydrogens (tertiary/aromatic N) is 1. The lowest BCUT2D eigenvalue weighted by Gasteiger charge is -2.12. The highest BCUT2D eigenvalue weighted by Gasteiger charge is 2.06. The highest BCUT2D eigenvalue weighted by molar-refractivity contribution is 7.80. The van der Waals surface area contributed by atoms with Gasteiger partial charge in [-0.1, -0.05) is 32.3 Å². The molecule has 0 aliphatic carbocycles. The van der Waals surface area contributed by atoms with Crippen LogP contribution < -0.4 is 29.7 Å². The molecule has 0 fully saturated rings. The van der Waals surface area contributed by atoms with Gasteiger partial charge in [-0.25, -0.2) is 0 Å². The molecular formula is C26H35N3O4S. The summed E-state index contributed by atoms with van der Waals surface area (Å²) in [5.74, 6) is 2.87. The molecule has 0 aliphatic heterocycles. The van der Waals surface area contributed by atoms with Crippen molar-refractivity contribution in [3.63, 3.8) is 0 Å². The highest BCUT2D eigenvalue weighted by Crippen LogP contribution is 2.27. The van der Waals surface area contributed by atoms with E-state index >= 15 is 0 Å². The molecule has 0 radical (unpaired) electrons. The van der Waals surface area contributed by atoms with Gasteiger partial charge >= 0.3 is 0 Å². The van der Waals surface area contributed by atoms with E-state index in [4.69, 9.17) is 31.2 Å². The summed E-state index contributed by atoms with van der Waals surface area (Å²) in [5, 5.41) is 7.46. The van der Waals surface area contributed by atoms with Crippen LogP contribution >= 0.6 is 12.2 Å². The van der Waals surface area contributed by atoms with Crippen LogP contribution in [0.25, 0.3) is 0 Å². The molecule has 2 aromatic rings. The van der Waals surface area contributed by atoms with Gasteiger partial charge in [-0.2, -0.15) is 5.10 Å². The van der Waals surface area contributed by atoms with E-state index in [1.807, 2.05) is 42.5 Å². The van der Waals surface area contributed by atoms with Crippen molar-refractivity contribution in [3.8, 4) is 23.0 Å². The molecule has 184 valence electrons. The van der Waals surface area contributed by atoms with Gasteiger partial charge in [0, 0.05) is 6.54 Å². The largest absolute Gasteiger partial charge is 0.494 e. The summed E-state index contributed by atoms with van der Waals surface area (Å²) in [5.41, 5.74) is 3.58. The molecule has 0 amide bonds. The Hall–Kier alpha value is -3.26. The first kappa shape index (κ1) is 27.0. The van der Waals surface area contributed by atoms with E-state index in [-0.39, 0.29) is 0 Å². The fourth-order valence-corrected chi connectivity index (χ4v) is 3.05. The molecule has 0 spiro atoms. The zero-order chi connectivity index (χ0) is 24.4. The highest BCUT2D eigenvalue weighted by atomic mass is 32.1. The predicted molar refractivity (Wildman–Crippen MR) is 142 cm³/mol. The minimum absolute atomic E-state index is 0.379. The van der Waals surface area contributed by atoms with Gasteiger partial charge in [0.1, 0.15) is 24.7 Å². The Balaban J connectivity index is 1.73. The van der Waals surface area contributed by atoms with E-state index in [0.29, 0.717) is 36.4 Å². The van der Waals surface area contributed by atoms with Crippen LogP contribution in [0.3, 0.4) is 0 Å². The maximum atomic E-state index is 5.83. The Kier molecular flexibility index (Phi) is 13.0. The Morgan fingerprint density at radius 1 is 0.941 bits per heavy atom. The molecule has 34 heavy (non-hydrogen) atoms. The molecule has 0 atom stereocenters. The molecule has 0 saturated heterocycles. The third kappa shape index (κ3) is 10.6. The number of hydrogen-bond acceptors (Lipinski definition) is 6. The van der Waals surface area contributed by atoms with E-state index in [0.717, 1.165) is 30.1 Å². The van der Waals surface area contributed by atoms with Crippen LogP contribution in [-0.2, 0) is 0 Å². The van der Waals surface area contributed by atoms with Gasteiger partial charge in [0.05, 0.1) is 19.9 Å². The lowest BCUT2D eigenvalue weighted by atomic mass is 10.2. The van der Waals surface area contributed by atoms with E-state index < -0.39 is 0 Å². The summed E-state index contributed by atoms with van der Waals surface area (Å²) < 4.78 is 22.8. The van der Waals surface area contributed by atoms with Gasteiger partial charge in [-0.05, 0) is 66.7 Å². The maximum absolute atomic E-state index is 5.83. The Bertz CT molecular complexity index is 903. The van der Waals surface area contributed by atoms with Gasteiger partial charge < -0.3 is 24.3 Å². The lowest BCUT2D eigenvalue weighted by Crippen LogP contribution is -2.31. The average molecular weight is 486 g/mol. The Morgan fingerprint density at radius 3 is 2.32 bits per heavy atom. The molecule has 0 bridgehead atoms. The van der Waals surface area contributed by atoms with E-state index in [9.17, 15) is 0 Å². The van der Waals surface area contributed by atoms with Crippen molar-refractivity contribution in [2.24, 2.45) is 5.10 Å². The summed E-state index contributed by atoms with van der Waals surface area (Å²) in [6.45, 7) is 7.93. The zero-order valence-electron chi connectivity index (χ0n) is 20.0. The number of nitrogens with one attached hydrogen (secondary N) is 2. The van der Waals surface area contributed by atoms with E-state index in [2.05, 4.69) is 29.3 Å². The zero-order valence-corrected chi connectivity index (χ0v) is 20.9. The molecule has 8 heteroatoms. The van der Waals surface area contributed by atoms with Crippen LogP contribution in [0.4, 0.5) is 0 Å². The second-order valence-corrected chi connectivity index (χ2v) is 7.76. The third-order valence-electron chi connectivity index (χ3n) is 4.67. The fraction of sp³-hybridized carbons (Fsp3) is 0.385. The van der Waals surface area contributed by atoms with Gasteiger partial charge in [-0.3, -0.25) is 5.43 Å². The molecule has 2 aromatic carbocycles. The first-order valence-electron chi connectivity index (χ1n) is 11.5. The molecule has 2 N–H and O–H groups in total. The van der Waals surface area contributed by atoms with E-state index in [1.54, 1.807) is 19.4 Å². The Morgan fingerprint density at radius 2 is 1.65 bits per heavy atom. The number of hydrogen-bond donors (Lipinski definition) is 2. The molecule has 0 aliphatic rings. The number of rotatable bonds is 16. The average Bonchev–Trinajstić information content (AvgIpc) is 2.86. The minimum Gasteiger partial charge on any atom is -0.494 e. The number of hydrazone groups is 1. The summed E-state index contributed by atoms with van der Waals surface area (Å²) in [7, 11) is 1.60. The van der Waals surface area contributed by atoms with Gasteiger partial charge in [-0.15, -0.1) is 6.58 Å². The molecular weight excluding hydrogens is 450 g/mol. The quantitative estimate of drug-likeness (QED) is 0.113. The summed E-state index contributed by atoms with van der Waals surface area (Å²) in [6, 6.07) is 13.2. The summed E-state index contributed by atoms with van der Waals surface area (Å²) in [4.78, 5) is 0. The standard InChI is InChI=1S/C26H35N3O4S/c1-4-6-7-8-16-31-22-10-12-23(13-11-22)32-17-18-33-24-14-9-21(19-25(24)30-3)20-28-29-26(34)27-15-5-2/h5,9-14,19-20H,2,4,6-8,15-18H2,1,3H3,(H2,27,29,34). The molecule has 0 aromatic heterocycles. The lowest BCUT2D eigenvalue weighted by molar-refractivity contribution is 0.211. The normalized spacial score (nSPS) is 10.5. The van der Waals surface area contributed by atoms with E-state index in [1.165, 1.54) is 19.3 Å². The topological polar surface area (TPSA) is 73.3 Å². The Labute approximate surface area is 208 Å². The molecule has 0 heterocycles. The number of ether oxygens (including phenoxy) is 4. The summed E-state index contributed by atoms with van der Waals surface area (Å²) in [6.07, 6.45) is 8.14.